The number of likely N-dealkylation sites (tertiary alicyclic amines) is 1. The van der Waals surface area contributed by atoms with Crippen LogP contribution in [0.5, 0.6) is 0 Å². The monoisotopic (exact) mass is 581 g/mol. The minimum atomic E-state index is -4.97. The normalized spacial score (nSPS) is 18.6. The Kier molecular flexibility index (Phi) is 7.47. The second kappa shape index (κ2) is 10.6. The SMILES string of the molecule is CN1CCC(N(C)C2=NC(=O)/C(=C/c3ccc4c(cnn4Cc4ccc(C(F)(F)F)cc4C(F)(F)F)c3)S2)CC1. The van der Waals surface area contributed by atoms with Crippen LogP contribution in [0.4, 0.5) is 26.3 Å². The van der Waals surface area contributed by atoms with Gasteiger partial charge in [0.2, 0.25) is 0 Å². The highest BCUT2D eigenvalue weighted by Gasteiger charge is 2.38. The molecule has 0 aliphatic carbocycles. The van der Waals surface area contributed by atoms with Gasteiger partial charge in [0.25, 0.3) is 5.91 Å². The summed E-state index contributed by atoms with van der Waals surface area (Å²) in [5.41, 5.74) is -1.87. The second-order valence-electron chi connectivity index (χ2n) is 9.94. The van der Waals surface area contributed by atoms with Gasteiger partial charge < -0.3 is 9.80 Å². The van der Waals surface area contributed by atoms with E-state index in [9.17, 15) is 31.1 Å². The molecule has 2 aromatic carbocycles. The molecule has 5 rings (SSSR count). The van der Waals surface area contributed by atoms with Crippen LogP contribution in [-0.4, -0.2) is 63.9 Å². The number of hydrogen-bond acceptors (Lipinski definition) is 5. The van der Waals surface area contributed by atoms with Gasteiger partial charge in [-0.3, -0.25) is 9.48 Å². The van der Waals surface area contributed by atoms with Crippen LogP contribution in [0.15, 0.2) is 52.5 Å². The lowest BCUT2D eigenvalue weighted by Crippen LogP contribution is -2.43. The van der Waals surface area contributed by atoms with E-state index >= 15 is 0 Å². The standard InChI is InChI=1S/C27H25F6N5OS/c1-36-9-7-20(8-10-36)37(2)25-35-24(39)23(40-25)12-16-3-6-22-18(11-16)14-34-38(22)15-17-4-5-19(26(28,29)30)13-21(17)27(31,32)33/h3-6,11-14,20H,7-10,15H2,1-2H3/b23-12-. The van der Waals surface area contributed by atoms with E-state index in [1.807, 2.05) is 7.05 Å². The van der Waals surface area contributed by atoms with E-state index in [1.54, 1.807) is 24.3 Å². The lowest BCUT2D eigenvalue weighted by atomic mass is 10.0. The van der Waals surface area contributed by atoms with Gasteiger partial charge in [-0.1, -0.05) is 12.1 Å². The maximum absolute atomic E-state index is 13.6. The molecule has 0 atom stereocenters. The minimum absolute atomic E-state index is 0.127. The van der Waals surface area contributed by atoms with Gasteiger partial charge in [0.1, 0.15) is 0 Å². The lowest BCUT2D eigenvalue weighted by molar-refractivity contribution is -0.143. The molecule has 40 heavy (non-hydrogen) atoms. The number of hydrogen-bond donors (Lipinski definition) is 0. The summed E-state index contributed by atoms with van der Waals surface area (Å²) in [6.45, 7) is 1.59. The number of amidine groups is 1. The number of aromatic nitrogens is 2. The number of benzene rings is 2. The van der Waals surface area contributed by atoms with Crippen LogP contribution in [-0.2, 0) is 23.7 Å². The van der Waals surface area contributed by atoms with Crippen LogP contribution >= 0.6 is 11.8 Å². The van der Waals surface area contributed by atoms with Gasteiger partial charge in [-0.15, -0.1) is 0 Å². The first kappa shape index (κ1) is 28.2. The number of carbonyl (C=O) groups is 1. The van der Waals surface area contributed by atoms with Gasteiger partial charge in [0.15, 0.2) is 5.17 Å². The highest BCUT2D eigenvalue weighted by Crippen LogP contribution is 2.38. The minimum Gasteiger partial charge on any atom is -0.351 e. The first-order valence-electron chi connectivity index (χ1n) is 12.5. The Hall–Kier alpha value is -3.32. The topological polar surface area (TPSA) is 53.7 Å². The van der Waals surface area contributed by atoms with Crippen molar-refractivity contribution >= 4 is 39.8 Å². The fourth-order valence-corrected chi connectivity index (χ4v) is 5.82. The Balaban J connectivity index is 1.35. The molecule has 1 amide bonds. The summed E-state index contributed by atoms with van der Waals surface area (Å²) in [7, 11) is 4.02. The summed E-state index contributed by atoms with van der Waals surface area (Å²) in [5.74, 6) is -0.336. The molecule has 3 aromatic rings. The molecule has 1 aromatic heterocycles. The molecule has 2 aliphatic heterocycles. The average molecular weight is 582 g/mol. The van der Waals surface area contributed by atoms with E-state index in [4.69, 9.17) is 0 Å². The van der Waals surface area contributed by atoms with Gasteiger partial charge in [-0.2, -0.15) is 36.4 Å². The number of amides is 1. The first-order chi connectivity index (χ1) is 18.8. The second-order valence-corrected chi connectivity index (χ2v) is 11.0. The predicted octanol–water partition coefficient (Wildman–Crippen LogP) is 6.12. The average Bonchev–Trinajstić information content (AvgIpc) is 3.45. The van der Waals surface area contributed by atoms with Crippen molar-refractivity contribution in [1.82, 2.24) is 19.6 Å². The molecule has 0 N–H and O–H groups in total. The molecule has 0 bridgehead atoms. The molecular formula is C27H25F6N5OS. The van der Waals surface area contributed by atoms with Crippen molar-refractivity contribution in [2.45, 2.75) is 37.8 Å². The van der Waals surface area contributed by atoms with E-state index in [1.165, 1.54) is 22.6 Å². The van der Waals surface area contributed by atoms with Crippen LogP contribution in [0, 0.1) is 0 Å². The van der Waals surface area contributed by atoms with Crippen molar-refractivity contribution < 1.29 is 31.1 Å². The molecule has 2 aliphatic rings. The third kappa shape index (κ3) is 5.90. The number of fused-ring (bicyclic) bond motifs is 1. The number of nitrogens with zero attached hydrogens (tertiary/aromatic N) is 5. The van der Waals surface area contributed by atoms with Crippen molar-refractivity contribution in [1.29, 1.82) is 0 Å². The molecule has 1 saturated heterocycles. The summed E-state index contributed by atoms with van der Waals surface area (Å²) in [4.78, 5) is 21.6. The number of thioether (sulfide) groups is 1. The van der Waals surface area contributed by atoms with Crippen LogP contribution in [0.3, 0.4) is 0 Å². The van der Waals surface area contributed by atoms with E-state index in [0.717, 1.165) is 32.0 Å². The molecule has 6 nitrogen and oxygen atoms in total. The number of rotatable bonds is 4. The summed E-state index contributed by atoms with van der Waals surface area (Å²) < 4.78 is 81.1. The smallest absolute Gasteiger partial charge is 0.351 e. The molecule has 0 saturated carbocycles. The number of carbonyl (C=O) groups excluding carboxylic acids is 1. The quantitative estimate of drug-likeness (QED) is 0.275. The van der Waals surface area contributed by atoms with Crippen LogP contribution in [0.25, 0.3) is 17.0 Å². The fraction of sp³-hybridized carbons (Fsp3) is 0.370. The van der Waals surface area contributed by atoms with Gasteiger partial charge in [0, 0.05) is 18.5 Å². The van der Waals surface area contributed by atoms with E-state index in [0.29, 0.717) is 38.6 Å². The summed E-state index contributed by atoms with van der Waals surface area (Å²) in [6, 6.07) is 7.01. The van der Waals surface area contributed by atoms with Crippen molar-refractivity contribution in [2.24, 2.45) is 4.99 Å². The predicted molar refractivity (Wildman–Crippen MR) is 142 cm³/mol. The van der Waals surface area contributed by atoms with Crippen molar-refractivity contribution in [3.05, 3.63) is 69.8 Å². The van der Waals surface area contributed by atoms with Gasteiger partial charge in [-0.25, -0.2) is 0 Å². The number of alkyl halides is 6. The molecule has 0 unspecified atom stereocenters. The number of halogens is 6. The molecule has 212 valence electrons. The largest absolute Gasteiger partial charge is 0.416 e. The third-order valence-corrected chi connectivity index (χ3v) is 8.25. The zero-order chi connectivity index (χ0) is 28.8. The molecular weight excluding hydrogens is 556 g/mol. The Bertz CT molecular complexity index is 1500. The summed E-state index contributed by atoms with van der Waals surface area (Å²) in [5, 5.41) is 5.42. The zero-order valence-corrected chi connectivity index (χ0v) is 22.4. The maximum Gasteiger partial charge on any atom is 0.416 e. The Morgan fingerprint density at radius 2 is 1.77 bits per heavy atom. The Morgan fingerprint density at radius 3 is 2.45 bits per heavy atom. The van der Waals surface area contributed by atoms with Crippen LogP contribution < -0.4 is 0 Å². The van der Waals surface area contributed by atoms with Gasteiger partial charge in [-0.05, 0) is 86.2 Å². The van der Waals surface area contributed by atoms with E-state index in [-0.39, 0.29) is 24.1 Å². The molecule has 0 spiro atoms. The lowest BCUT2D eigenvalue weighted by Gasteiger charge is -2.35. The summed E-state index contributed by atoms with van der Waals surface area (Å²) in [6.07, 6.45) is -4.72. The van der Waals surface area contributed by atoms with Crippen molar-refractivity contribution in [3.63, 3.8) is 0 Å². The highest BCUT2D eigenvalue weighted by molar-refractivity contribution is 8.18. The number of aliphatic imine (C=N–C) groups is 1. The molecule has 3 heterocycles. The fourth-order valence-electron chi connectivity index (χ4n) is 4.88. The molecule has 13 heteroatoms. The van der Waals surface area contributed by atoms with E-state index < -0.39 is 23.5 Å². The van der Waals surface area contributed by atoms with Crippen molar-refractivity contribution in [3.8, 4) is 0 Å². The van der Waals surface area contributed by atoms with Crippen LogP contribution in [0.1, 0.15) is 35.1 Å². The van der Waals surface area contributed by atoms with Gasteiger partial charge >= 0.3 is 12.4 Å². The maximum atomic E-state index is 13.6. The molecule has 1 fully saturated rings. The number of piperidine rings is 1. The Morgan fingerprint density at radius 1 is 1.05 bits per heavy atom. The van der Waals surface area contributed by atoms with Gasteiger partial charge in [0.05, 0.1) is 34.3 Å². The third-order valence-electron chi connectivity index (χ3n) is 7.17. The van der Waals surface area contributed by atoms with Crippen molar-refractivity contribution in [2.75, 3.05) is 27.2 Å². The summed E-state index contributed by atoms with van der Waals surface area (Å²) >= 11 is 1.30. The highest BCUT2D eigenvalue weighted by atomic mass is 32.2. The zero-order valence-electron chi connectivity index (χ0n) is 21.6. The van der Waals surface area contributed by atoms with Crippen LogP contribution in [0.2, 0.25) is 0 Å². The Labute approximate surface area is 230 Å². The van der Waals surface area contributed by atoms with E-state index in [2.05, 4.69) is 26.9 Å². The molecule has 0 radical (unpaired) electrons. The first-order valence-corrected chi connectivity index (χ1v) is 13.3.